The number of benzene rings is 1. The Kier molecular flexibility index (Phi) is 6.82. The van der Waals surface area contributed by atoms with Gasteiger partial charge < -0.3 is 19.9 Å². The monoisotopic (exact) mass is 377 g/mol. The molecular formula is C20H27NO6. The van der Waals surface area contributed by atoms with Gasteiger partial charge in [-0.1, -0.05) is 30.3 Å². The lowest BCUT2D eigenvalue weighted by Gasteiger charge is -2.34. The van der Waals surface area contributed by atoms with Crippen LogP contribution < -0.4 is 5.32 Å². The van der Waals surface area contributed by atoms with Crippen LogP contribution in [0.2, 0.25) is 0 Å². The third-order valence-electron chi connectivity index (χ3n) is 4.30. The van der Waals surface area contributed by atoms with E-state index < -0.39 is 29.7 Å². The summed E-state index contributed by atoms with van der Waals surface area (Å²) in [5.41, 5.74) is 0.242. The minimum absolute atomic E-state index is 0.137. The van der Waals surface area contributed by atoms with Crippen LogP contribution in [0.15, 0.2) is 30.3 Å². The molecule has 0 heterocycles. The topological polar surface area (TPSA) is 102 Å². The summed E-state index contributed by atoms with van der Waals surface area (Å²) in [6.07, 6.45) is -0.419. The first-order valence-corrected chi connectivity index (χ1v) is 9.08. The zero-order chi connectivity index (χ0) is 20.0. The minimum atomic E-state index is -1.20. The Morgan fingerprint density at radius 1 is 1.19 bits per heavy atom. The standard InChI is InChI=1S/C20H27NO6/c1-20(2,3)27-19(25)21-12-14-9-15(10-14)18(24)26-16(17(22)23)11-13-7-5-4-6-8-13/h4-8,14-16H,9-12H2,1-3H3,(H,21,25)(H,22,23)/t14?,15?,16-/m0/s1. The number of esters is 1. The maximum Gasteiger partial charge on any atom is 0.407 e. The highest BCUT2D eigenvalue weighted by atomic mass is 16.6. The van der Waals surface area contributed by atoms with E-state index in [2.05, 4.69) is 5.32 Å². The molecule has 2 N–H and O–H groups in total. The second-order valence-corrected chi connectivity index (χ2v) is 7.87. The van der Waals surface area contributed by atoms with E-state index in [1.165, 1.54) is 0 Å². The first kappa shape index (κ1) is 20.7. The van der Waals surface area contributed by atoms with Crippen LogP contribution in [0.1, 0.15) is 39.2 Å². The van der Waals surface area contributed by atoms with Crippen molar-refractivity contribution in [3.05, 3.63) is 35.9 Å². The lowest BCUT2D eigenvalue weighted by atomic mass is 9.75. The summed E-state index contributed by atoms with van der Waals surface area (Å²) in [5, 5.41) is 12.0. The molecule has 0 bridgehead atoms. The quantitative estimate of drug-likeness (QED) is 0.709. The van der Waals surface area contributed by atoms with Gasteiger partial charge in [-0.15, -0.1) is 0 Å². The first-order valence-electron chi connectivity index (χ1n) is 9.08. The summed E-state index contributed by atoms with van der Waals surface area (Å²) in [6, 6.07) is 9.05. The Balaban J connectivity index is 1.74. The molecule has 1 aromatic rings. The van der Waals surface area contributed by atoms with Gasteiger partial charge in [0.1, 0.15) is 5.60 Å². The van der Waals surface area contributed by atoms with E-state index in [1.54, 1.807) is 32.9 Å². The van der Waals surface area contributed by atoms with Crippen LogP contribution in [0.4, 0.5) is 4.79 Å². The zero-order valence-corrected chi connectivity index (χ0v) is 15.9. The number of hydrogen-bond donors (Lipinski definition) is 2. The van der Waals surface area contributed by atoms with Gasteiger partial charge in [-0.3, -0.25) is 4.79 Å². The summed E-state index contributed by atoms with van der Waals surface area (Å²) < 4.78 is 10.4. The van der Waals surface area contributed by atoms with Crippen LogP contribution in [0.25, 0.3) is 0 Å². The Hall–Kier alpha value is -2.57. The molecule has 2 rings (SSSR count). The number of carboxylic acid groups (broad SMARTS) is 1. The molecule has 7 heteroatoms. The minimum Gasteiger partial charge on any atom is -0.478 e. The van der Waals surface area contributed by atoms with Crippen LogP contribution in [0.5, 0.6) is 0 Å². The number of carbonyl (C=O) groups excluding carboxylic acids is 2. The number of amides is 1. The number of nitrogens with one attached hydrogen (secondary N) is 1. The van der Waals surface area contributed by atoms with E-state index in [9.17, 15) is 19.5 Å². The third-order valence-corrected chi connectivity index (χ3v) is 4.30. The molecule has 0 aromatic heterocycles. The summed E-state index contributed by atoms with van der Waals surface area (Å²) in [4.78, 5) is 35.2. The molecule has 0 radical (unpaired) electrons. The molecule has 1 aromatic carbocycles. The maximum absolute atomic E-state index is 12.2. The van der Waals surface area contributed by atoms with E-state index in [0.717, 1.165) is 5.56 Å². The highest BCUT2D eigenvalue weighted by molar-refractivity contribution is 5.80. The van der Waals surface area contributed by atoms with Crippen molar-refractivity contribution in [1.82, 2.24) is 5.32 Å². The summed E-state index contributed by atoms with van der Waals surface area (Å²) in [5.74, 6) is -1.82. The zero-order valence-electron chi connectivity index (χ0n) is 15.9. The van der Waals surface area contributed by atoms with Crippen molar-refractivity contribution in [3.63, 3.8) is 0 Å². The molecule has 1 fully saturated rings. The molecule has 1 atom stereocenters. The van der Waals surface area contributed by atoms with Crippen LogP contribution in [0.3, 0.4) is 0 Å². The van der Waals surface area contributed by atoms with Crippen LogP contribution in [-0.2, 0) is 25.5 Å². The van der Waals surface area contributed by atoms with Crippen molar-refractivity contribution in [3.8, 4) is 0 Å². The lowest BCUT2D eigenvalue weighted by molar-refractivity contribution is -0.170. The number of rotatable bonds is 7. The van der Waals surface area contributed by atoms with Gasteiger partial charge in [0, 0.05) is 13.0 Å². The van der Waals surface area contributed by atoms with Crippen molar-refractivity contribution in [2.75, 3.05) is 6.54 Å². The van der Waals surface area contributed by atoms with Crippen molar-refractivity contribution in [2.45, 2.75) is 51.7 Å². The number of carbonyl (C=O) groups is 3. The Bertz CT molecular complexity index is 661. The molecule has 1 amide bonds. The Morgan fingerprint density at radius 2 is 1.81 bits per heavy atom. The second kappa shape index (κ2) is 8.88. The fourth-order valence-electron chi connectivity index (χ4n) is 2.88. The molecule has 0 aliphatic heterocycles. The van der Waals surface area contributed by atoms with Crippen LogP contribution in [-0.4, -0.2) is 41.4 Å². The first-order chi connectivity index (χ1) is 12.6. The predicted octanol–water partition coefficient (Wildman–Crippen LogP) is 2.78. The van der Waals surface area contributed by atoms with E-state index in [0.29, 0.717) is 19.4 Å². The smallest absolute Gasteiger partial charge is 0.407 e. The van der Waals surface area contributed by atoms with Crippen molar-refractivity contribution in [2.24, 2.45) is 11.8 Å². The molecule has 7 nitrogen and oxygen atoms in total. The SMILES string of the molecule is CC(C)(C)OC(=O)NCC1CC(C(=O)O[C@@H](Cc2ccccc2)C(=O)O)C1. The van der Waals surface area contributed by atoms with E-state index in [1.807, 2.05) is 18.2 Å². The van der Waals surface area contributed by atoms with Crippen molar-refractivity contribution < 1.29 is 29.0 Å². The number of ether oxygens (including phenoxy) is 2. The average molecular weight is 377 g/mol. The van der Waals surface area contributed by atoms with Crippen LogP contribution in [0, 0.1) is 11.8 Å². The second-order valence-electron chi connectivity index (χ2n) is 7.87. The molecule has 1 aliphatic rings. The van der Waals surface area contributed by atoms with Gasteiger partial charge in [0.05, 0.1) is 5.92 Å². The fourth-order valence-corrected chi connectivity index (χ4v) is 2.88. The number of aliphatic carboxylic acids is 1. The normalized spacial score (nSPS) is 20.1. The number of carboxylic acids is 1. The molecular weight excluding hydrogens is 350 g/mol. The summed E-state index contributed by atoms with van der Waals surface area (Å²) >= 11 is 0. The van der Waals surface area contributed by atoms with Crippen molar-refractivity contribution >= 4 is 18.0 Å². The highest BCUT2D eigenvalue weighted by Gasteiger charge is 2.37. The molecule has 148 valence electrons. The molecule has 27 heavy (non-hydrogen) atoms. The van der Waals surface area contributed by atoms with Gasteiger partial charge in [0.2, 0.25) is 6.10 Å². The van der Waals surface area contributed by atoms with Crippen LogP contribution >= 0.6 is 0 Å². The van der Waals surface area contributed by atoms with Gasteiger partial charge in [-0.25, -0.2) is 9.59 Å². The highest BCUT2D eigenvalue weighted by Crippen LogP contribution is 2.34. The fraction of sp³-hybridized carbons (Fsp3) is 0.550. The van der Waals surface area contributed by atoms with Gasteiger partial charge in [0.25, 0.3) is 0 Å². The Labute approximate surface area is 159 Å². The summed E-state index contributed by atoms with van der Waals surface area (Å²) in [6.45, 7) is 5.79. The van der Waals surface area contributed by atoms with Gasteiger partial charge >= 0.3 is 18.0 Å². The lowest BCUT2D eigenvalue weighted by Crippen LogP contribution is -2.42. The van der Waals surface area contributed by atoms with Gasteiger partial charge in [-0.2, -0.15) is 0 Å². The van der Waals surface area contributed by atoms with E-state index in [4.69, 9.17) is 9.47 Å². The molecule has 1 aliphatic carbocycles. The van der Waals surface area contributed by atoms with E-state index in [-0.39, 0.29) is 18.3 Å². The molecule has 0 spiro atoms. The molecule has 0 saturated heterocycles. The summed E-state index contributed by atoms with van der Waals surface area (Å²) in [7, 11) is 0. The van der Waals surface area contributed by atoms with Crippen molar-refractivity contribution in [1.29, 1.82) is 0 Å². The number of alkyl carbamates (subject to hydrolysis) is 1. The maximum atomic E-state index is 12.2. The Morgan fingerprint density at radius 3 is 2.37 bits per heavy atom. The molecule has 0 unspecified atom stereocenters. The largest absolute Gasteiger partial charge is 0.478 e. The predicted molar refractivity (Wildman–Crippen MR) is 98.1 cm³/mol. The van der Waals surface area contributed by atoms with Gasteiger partial charge in [-0.05, 0) is 45.1 Å². The molecule has 1 saturated carbocycles. The van der Waals surface area contributed by atoms with Gasteiger partial charge in [0.15, 0.2) is 0 Å². The van der Waals surface area contributed by atoms with E-state index >= 15 is 0 Å². The average Bonchev–Trinajstić information content (AvgIpc) is 2.51. The third kappa shape index (κ3) is 6.92. The number of hydrogen-bond acceptors (Lipinski definition) is 5.